The van der Waals surface area contributed by atoms with E-state index in [9.17, 15) is 25.2 Å². The fourth-order valence-corrected chi connectivity index (χ4v) is 6.89. The standard InChI is InChI=1S/C42H85NO5/c1-3-5-7-9-11-13-15-17-18-19-20-21-22-24-26-28-30-32-34-36-40(46)43-38(37-44)41(47)42(48)39(45)35-33-31-29-27-25-23-16-14-12-10-8-6-4-2/h38-39,41-42,44-45,47-48H,3-37H2,1-2H3,(H,43,46). The Morgan fingerprint density at radius 3 is 1.04 bits per heavy atom. The summed E-state index contributed by atoms with van der Waals surface area (Å²) in [5.41, 5.74) is 0. The smallest absolute Gasteiger partial charge is 0.220 e. The molecule has 0 aromatic heterocycles. The molecular weight excluding hydrogens is 598 g/mol. The van der Waals surface area contributed by atoms with Crippen LogP contribution in [0.1, 0.15) is 232 Å². The minimum absolute atomic E-state index is 0.224. The Kier molecular flexibility index (Phi) is 37.0. The van der Waals surface area contributed by atoms with Gasteiger partial charge in [0.1, 0.15) is 12.2 Å². The molecule has 0 aliphatic rings. The summed E-state index contributed by atoms with van der Waals surface area (Å²) in [5.74, 6) is -0.224. The molecule has 0 aliphatic heterocycles. The van der Waals surface area contributed by atoms with E-state index < -0.39 is 31.0 Å². The summed E-state index contributed by atoms with van der Waals surface area (Å²) in [7, 11) is 0. The molecule has 0 aromatic rings. The quantitative estimate of drug-likeness (QED) is 0.0414. The first-order chi connectivity index (χ1) is 23.5. The Morgan fingerprint density at radius 1 is 0.438 bits per heavy atom. The summed E-state index contributed by atoms with van der Waals surface area (Å²) in [4.78, 5) is 12.4. The number of unbranched alkanes of at least 4 members (excludes halogenated alkanes) is 30. The molecule has 0 saturated carbocycles. The summed E-state index contributed by atoms with van der Waals surface area (Å²) in [6, 6.07) is -0.978. The second-order valence-corrected chi connectivity index (χ2v) is 15.1. The molecule has 6 nitrogen and oxygen atoms in total. The van der Waals surface area contributed by atoms with E-state index in [-0.39, 0.29) is 5.91 Å². The maximum absolute atomic E-state index is 12.4. The lowest BCUT2D eigenvalue weighted by Crippen LogP contribution is -2.53. The number of hydrogen-bond donors (Lipinski definition) is 5. The first-order valence-electron chi connectivity index (χ1n) is 21.4. The summed E-state index contributed by atoms with van der Waals surface area (Å²) in [6.07, 6.45) is 37.9. The maximum Gasteiger partial charge on any atom is 0.220 e. The van der Waals surface area contributed by atoms with E-state index in [0.29, 0.717) is 12.8 Å². The van der Waals surface area contributed by atoms with Gasteiger partial charge < -0.3 is 25.7 Å². The van der Waals surface area contributed by atoms with Crippen molar-refractivity contribution >= 4 is 5.91 Å². The zero-order valence-corrected chi connectivity index (χ0v) is 32.3. The molecule has 1 amide bonds. The average molecular weight is 684 g/mol. The number of carbonyl (C=O) groups is 1. The van der Waals surface area contributed by atoms with E-state index in [4.69, 9.17) is 0 Å². The van der Waals surface area contributed by atoms with Crippen molar-refractivity contribution < 1.29 is 25.2 Å². The molecule has 4 atom stereocenters. The summed E-state index contributed by atoms with van der Waals surface area (Å²) < 4.78 is 0. The van der Waals surface area contributed by atoms with Gasteiger partial charge in [-0.2, -0.15) is 0 Å². The Bertz CT molecular complexity index is 648. The minimum atomic E-state index is -1.40. The fraction of sp³-hybridized carbons (Fsp3) is 0.976. The highest BCUT2D eigenvalue weighted by atomic mass is 16.4. The van der Waals surface area contributed by atoms with E-state index >= 15 is 0 Å². The predicted octanol–water partition coefficient (Wildman–Crippen LogP) is 10.8. The van der Waals surface area contributed by atoms with Crippen molar-refractivity contribution in [2.24, 2.45) is 0 Å². The van der Waals surface area contributed by atoms with Crippen LogP contribution >= 0.6 is 0 Å². The van der Waals surface area contributed by atoms with Gasteiger partial charge in [0, 0.05) is 6.42 Å². The van der Waals surface area contributed by atoms with E-state index in [1.807, 2.05) is 0 Å². The maximum atomic E-state index is 12.4. The molecular formula is C42H85NO5. The summed E-state index contributed by atoms with van der Waals surface area (Å²) >= 11 is 0. The number of rotatable bonds is 39. The van der Waals surface area contributed by atoms with Crippen LogP contribution in [0.4, 0.5) is 0 Å². The lowest BCUT2D eigenvalue weighted by molar-refractivity contribution is -0.126. The summed E-state index contributed by atoms with van der Waals surface area (Å²) in [6.45, 7) is 4.05. The highest BCUT2D eigenvalue weighted by molar-refractivity contribution is 5.76. The van der Waals surface area contributed by atoms with E-state index in [1.54, 1.807) is 0 Å². The molecule has 0 bridgehead atoms. The first-order valence-corrected chi connectivity index (χ1v) is 21.4. The predicted molar refractivity (Wildman–Crippen MR) is 205 cm³/mol. The fourth-order valence-electron chi connectivity index (χ4n) is 6.89. The molecule has 0 radical (unpaired) electrons. The third-order valence-electron chi connectivity index (χ3n) is 10.3. The van der Waals surface area contributed by atoms with Crippen LogP contribution in [0.25, 0.3) is 0 Å². The topological polar surface area (TPSA) is 110 Å². The van der Waals surface area contributed by atoms with Crippen molar-refractivity contribution in [2.45, 2.75) is 257 Å². The Labute approximate surface area is 299 Å². The normalized spacial score (nSPS) is 14.2. The van der Waals surface area contributed by atoms with Crippen molar-refractivity contribution in [2.75, 3.05) is 6.61 Å². The number of hydrogen-bond acceptors (Lipinski definition) is 5. The largest absolute Gasteiger partial charge is 0.394 e. The van der Waals surface area contributed by atoms with Gasteiger partial charge in [-0.1, -0.05) is 213 Å². The third kappa shape index (κ3) is 31.3. The van der Waals surface area contributed by atoms with Gasteiger partial charge in [-0.3, -0.25) is 4.79 Å². The average Bonchev–Trinajstić information content (AvgIpc) is 3.09. The molecule has 0 rings (SSSR count). The summed E-state index contributed by atoms with van der Waals surface area (Å²) in [5, 5.41) is 43.9. The monoisotopic (exact) mass is 684 g/mol. The Hall–Kier alpha value is -0.690. The minimum Gasteiger partial charge on any atom is -0.394 e. The SMILES string of the molecule is CCCCCCCCCCCCCCCCCCCCCC(=O)NC(CO)C(O)C(O)C(O)CCCCCCCCCCCCCCC. The van der Waals surface area contributed by atoms with Gasteiger partial charge in [0.05, 0.1) is 18.8 Å². The van der Waals surface area contributed by atoms with E-state index in [0.717, 1.165) is 38.5 Å². The van der Waals surface area contributed by atoms with Gasteiger partial charge in [0.25, 0.3) is 0 Å². The number of nitrogens with one attached hydrogen (secondary N) is 1. The van der Waals surface area contributed by atoms with Gasteiger partial charge >= 0.3 is 0 Å². The van der Waals surface area contributed by atoms with Crippen LogP contribution in [-0.2, 0) is 4.79 Å². The zero-order valence-electron chi connectivity index (χ0n) is 32.3. The third-order valence-corrected chi connectivity index (χ3v) is 10.3. The van der Waals surface area contributed by atoms with Gasteiger partial charge in [-0.15, -0.1) is 0 Å². The van der Waals surface area contributed by atoms with Gasteiger partial charge in [-0.25, -0.2) is 0 Å². The van der Waals surface area contributed by atoms with Crippen molar-refractivity contribution in [3.8, 4) is 0 Å². The second-order valence-electron chi connectivity index (χ2n) is 15.1. The van der Waals surface area contributed by atoms with E-state index in [1.165, 1.54) is 167 Å². The molecule has 0 aromatic carbocycles. The molecule has 0 heterocycles. The van der Waals surface area contributed by atoms with Crippen molar-refractivity contribution in [1.82, 2.24) is 5.32 Å². The van der Waals surface area contributed by atoms with Crippen LogP contribution in [0.2, 0.25) is 0 Å². The van der Waals surface area contributed by atoms with Crippen LogP contribution < -0.4 is 5.32 Å². The molecule has 0 spiro atoms. The molecule has 5 N–H and O–H groups in total. The van der Waals surface area contributed by atoms with Crippen LogP contribution in [0, 0.1) is 0 Å². The number of carbonyl (C=O) groups excluding carboxylic acids is 1. The van der Waals surface area contributed by atoms with Gasteiger partial charge in [0.2, 0.25) is 5.91 Å². The van der Waals surface area contributed by atoms with E-state index in [2.05, 4.69) is 19.2 Å². The van der Waals surface area contributed by atoms with Crippen LogP contribution in [0.3, 0.4) is 0 Å². The Morgan fingerprint density at radius 2 is 0.729 bits per heavy atom. The van der Waals surface area contributed by atoms with Crippen molar-refractivity contribution in [1.29, 1.82) is 0 Å². The van der Waals surface area contributed by atoms with Crippen LogP contribution in [-0.4, -0.2) is 57.3 Å². The number of amides is 1. The zero-order chi connectivity index (χ0) is 35.3. The molecule has 0 fully saturated rings. The molecule has 0 saturated heterocycles. The van der Waals surface area contributed by atoms with Crippen molar-refractivity contribution in [3.05, 3.63) is 0 Å². The highest BCUT2D eigenvalue weighted by Crippen LogP contribution is 2.17. The number of aliphatic hydroxyl groups excluding tert-OH is 4. The highest BCUT2D eigenvalue weighted by Gasteiger charge is 2.31. The molecule has 48 heavy (non-hydrogen) atoms. The molecule has 6 heteroatoms. The number of aliphatic hydroxyl groups is 4. The lowest BCUT2D eigenvalue weighted by Gasteiger charge is -2.29. The lowest BCUT2D eigenvalue weighted by atomic mass is 9.96. The second kappa shape index (κ2) is 37.6. The van der Waals surface area contributed by atoms with Gasteiger partial charge in [0.15, 0.2) is 0 Å². The Balaban J connectivity index is 3.70. The van der Waals surface area contributed by atoms with Crippen molar-refractivity contribution in [3.63, 3.8) is 0 Å². The first kappa shape index (κ1) is 47.3. The van der Waals surface area contributed by atoms with Crippen LogP contribution in [0.15, 0.2) is 0 Å². The van der Waals surface area contributed by atoms with Crippen LogP contribution in [0.5, 0.6) is 0 Å². The molecule has 0 aliphatic carbocycles. The molecule has 288 valence electrons. The molecule has 4 unspecified atom stereocenters. The van der Waals surface area contributed by atoms with Gasteiger partial charge in [-0.05, 0) is 12.8 Å².